The third-order valence-electron chi connectivity index (χ3n) is 21.6. The van der Waals surface area contributed by atoms with Gasteiger partial charge in [0.25, 0.3) is 0 Å². The number of phosphoric ester groups is 2. The van der Waals surface area contributed by atoms with Crippen LogP contribution < -0.4 is 0 Å². The van der Waals surface area contributed by atoms with Crippen LogP contribution in [0.25, 0.3) is 0 Å². The smallest absolute Gasteiger partial charge is 0.462 e. The summed E-state index contributed by atoms with van der Waals surface area (Å²) >= 11 is 0. The molecule has 0 rings (SSSR count). The first-order valence-electron chi connectivity index (χ1n) is 45.9. The maximum atomic E-state index is 13.2. The van der Waals surface area contributed by atoms with E-state index in [1.807, 2.05) is 0 Å². The number of carbonyl (C=O) groups excluding carboxylic acids is 4. The topological polar surface area (TPSA) is 237 Å². The second kappa shape index (κ2) is 78.9. The molecular weight excluding hydrogens is 1400 g/mol. The molecule has 19 heteroatoms. The minimum atomic E-state index is -4.97. The van der Waals surface area contributed by atoms with Gasteiger partial charge in [0.15, 0.2) is 12.2 Å². The number of phosphoric acid groups is 2. The highest BCUT2D eigenvalue weighted by molar-refractivity contribution is 7.47. The highest BCUT2D eigenvalue weighted by atomic mass is 31.2. The summed E-state index contributed by atoms with van der Waals surface area (Å²) in [4.78, 5) is 73.2. The molecule has 0 fully saturated rings. The van der Waals surface area contributed by atoms with Crippen molar-refractivity contribution in [1.29, 1.82) is 0 Å². The minimum Gasteiger partial charge on any atom is -0.462 e. The second-order valence-electron chi connectivity index (χ2n) is 32.9. The number of unbranched alkanes of at least 4 members (excludes halogenated alkanes) is 53. The van der Waals surface area contributed by atoms with Gasteiger partial charge in [-0.1, -0.05) is 421 Å². The van der Waals surface area contributed by atoms with E-state index in [9.17, 15) is 43.2 Å². The number of ether oxygens (including phenoxy) is 4. The molecule has 7 atom stereocenters. The number of hydrogen-bond acceptors (Lipinski definition) is 15. The summed E-state index contributed by atoms with van der Waals surface area (Å²) in [6.45, 7) is 12.1. The zero-order valence-corrected chi connectivity index (χ0v) is 73.1. The number of aliphatic hydroxyl groups is 1. The maximum Gasteiger partial charge on any atom is 0.472 e. The average molecular weight is 1580 g/mol. The van der Waals surface area contributed by atoms with Crippen molar-refractivity contribution in [2.75, 3.05) is 39.6 Å². The van der Waals surface area contributed by atoms with Gasteiger partial charge in [-0.2, -0.15) is 0 Å². The number of carbonyl (C=O) groups is 4. The molecule has 0 aromatic heterocycles. The van der Waals surface area contributed by atoms with Gasteiger partial charge in [-0.05, 0) is 43.4 Å². The Morgan fingerprint density at radius 3 is 0.704 bits per heavy atom. The Balaban J connectivity index is 5.19. The van der Waals surface area contributed by atoms with Crippen LogP contribution in [0.4, 0.5) is 0 Å². The molecule has 0 aromatic rings. The molecule has 17 nitrogen and oxygen atoms in total. The molecule has 642 valence electrons. The first-order chi connectivity index (χ1) is 52.3. The van der Waals surface area contributed by atoms with Gasteiger partial charge in [0, 0.05) is 25.7 Å². The molecule has 0 radical (unpaired) electrons. The lowest BCUT2D eigenvalue weighted by Crippen LogP contribution is -2.30. The van der Waals surface area contributed by atoms with Crippen molar-refractivity contribution in [3.63, 3.8) is 0 Å². The van der Waals surface area contributed by atoms with Crippen molar-refractivity contribution in [2.45, 2.75) is 491 Å². The zero-order valence-electron chi connectivity index (χ0n) is 71.3. The quantitative estimate of drug-likeness (QED) is 0.0222. The fourth-order valence-electron chi connectivity index (χ4n) is 13.8. The van der Waals surface area contributed by atoms with Crippen LogP contribution >= 0.6 is 15.6 Å². The van der Waals surface area contributed by atoms with Gasteiger partial charge in [0.05, 0.1) is 26.4 Å². The summed E-state index contributed by atoms with van der Waals surface area (Å²) < 4.78 is 68.9. The van der Waals surface area contributed by atoms with Gasteiger partial charge in [-0.25, -0.2) is 9.13 Å². The molecule has 3 N–H and O–H groups in total. The van der Waals surface area contributed by atoms with Crippen LogP contribution in [-0.2, 0) is 65.4 Å². The molecule has 0 aromatic carbocycles. The van der Waals surface area contributed by atoms with Crippen molar-refractivity contribution in [3.8, 4) is 0 Å². The Kier molecular flexibility index (Phi) is 77.5. The zero-order chi connectivity index (χ0) is 79.3. The molecule has 0 heterocycles. The Labute approximate surface area is 664 Å². The van der Waals surface area contributed by atoms with Crippen LogP contribution in [0.5, 0.6) is 0 Å². The van der Waals surface area contributed by atoms with Crippen molar-refractivity contribution in [1.82, 2.24) is 0 Å². The van der Waals surface area contributed by atoms with Crippen LogP contribution in [0.2, 0.25) is 0 Å². The van der Waals surface area contributed by atoms with Gasteiger partial charge >= 0.3 is 39.5 Å². The molecule has 108 heavy (non-hydrogen) atoms. The van der Waals surface area contributed by atoms with Crippen LogP contribution in [0.15, 0.2) is 0 Å². The van der Waals surface area contributed by atoms with E-state index in [1.165, 1.54) is 283 Å². The van der Waals surface area contributed by atoms with Crippen molar-refractivity contribution in [3.05, 3.63) is 0 Å². The summed E-state index contributed by atoms with van der Waals surface area (Å²) in [5.41, 5.74) is 0. The summed E-state index contributed by atoms with van der Waals surface area (Å²) in [6, 6.07) is 0. The normalized spacial score (nSPS) is 14.3. The molecule has 0 aliphatic heterocycles. The lowest BCUT2D eigenvalue weighted by Gasteiger charge is -2.21. The van der Waals surface area contributed by atoms with Gasteiger partial charge in [-0.3, -0.25) is 37.3 Å². The minimum absolute atomic E-state index is 0.107. The van der Waals surface area contributed by atoms with E-state index in [4.69, 9.17) is 37.0 Å². The number of aliphatic hydroxyl groups excluding tert-OH is 1. The molecular formula is C89H174O17P2. The van der Waals surface area contributed by atoms with Crippen LogP contribution in [0.3, 0.4) is 0 Å². The van der Waals surface area contributed by atoms with Crippen LogP contribution in [-0.4, -0.2) is 96.7 Å². The molecule has 0 spiro atoms. The second-order valence-corrected chi connectivity index (χ2v) is 35.9. The lowest BCUT2D eigenvalue weighted by molar-refractivity contribution is -0.161. The Morgan fingerprint density at radius 2 is 0.472 bits per heavy atom. The van der Waals surface area contributed by atoms with Gasteiger partial charge in [0.1, 0.15) is 19.3 Å². The standard InChI is InChI=1S/C89H174O17P2/c1-8-11-12-13-14-39-49-56-63-70-86(91)99-76-84(105-89(94)73-66-59-52-45-38-32-31-33-40-46-53-60-67-80(4)5)78-103-107(95,96)101-74-83(90)75-102-108(97,98)104-79-85(106-88(93)72-65-58-51-44-37-30-26-22-18-16-20-24-28-35-42-48-55-62-69-82(7)10-3)77-100-87(92)71-64-57-50-43-36-29-25-21-17-15-19-23-27-34-41-47-54-61-68-81(6)9-2/h80-85,90H,8-79H2,1-7H3,(H,95,96)(H,97,98)/t81?,82?,83-,84+,85+/m0/s1. The molecule has 0 bridgehead atoms. The van der Waals surface area contributed by atoms with E-state index < -0.39 is 97.5 Å². The van der Waals surface area contributed by atoms with Crippen LogP contribution in [0, 0.1) is 17.8 Å². The Bertz CT molecular complexity index is 2080. The predicted molar refractivity (Wildman–Crippen MR) is 446 cm³/mol. The summed E-state index contributed by atoms with van der Waals surface area (Å²) in [7, 11) is -9.93. The summed E-state index contributed by atoms with van der Waals surface area (Å²) in [5.74, 6) is 0.419. The molecule has 0 saturated heterocycles. The molecule has 0 aliphatic rings. The van der Waals surface area contributed by atoms with E-state index in [0.29, 0.717) is 25.7 Å². The van der Waals surface area contributed by atoms with E-state index >= 15 is 0 Å². The van der Waals surface area contributed by atoms with Crippen molar-refractivity contribution >= 4 is 39.5 Å². The van der Waals surface area contributed by atoms with Crippen molar-refractivity contribution in [2.24, 2.45) is 17.8 Å². The Morgan fingerprint density at radius 1 is 0.269 bits per heavy atom. The van der Waals surface area contributed by atoms with Crippen LogP contribution in [0.1, 0.15) is 472 Å². The third kappa shape index (κ3) is 79.3. The molecule has 0 aliphatic carbocycles. The number of esters is 4. The van der Waals surface area contributed by atoms with E-state index in [-0.39, 0.29) is 25.7 Å². The Hall–Kier alpha value is -1.94. The molecule has 4 unspecified atom stereocenters. The largest absolute Gasteiger partial charge is 0.472 e. The summed E-state index contributed by atoms with van der Waals surface area (Å²) in [6.07, 6.45) is 70.8. The highest BCUT2D eigenvalue weighted by Gasteiger charge is 2.31. The predicted octanol–water partition coefficient (Wildman–Crippen LogP) is 27.3. The fraction of sp³-hybridized carbons (Fsp3) is 0.955. The summed E-state index contributed by atoms with van der Waals surface area (Å²) in [5, 5.41) is 10.7. The highest BCUT2D eigenvalue weighted by Crippen LogP contribution is 2.45. The SMILES string of the molecule is CCCCCCCCCCCC(=O)OC[C@H](COP(=O)(O)OC[C@H](O)COP(=O)(O)OC[C@@H](COC(=O)CCCCCCCCCCCCCCCCCCCCC(C)CC)OC(=O)CCCCCCCCCCCCCCCCCCCCC(C)CC)OC(=O)CCCCCCCCCCCCCCC(C)C. The third-order valence-corrected chi connectivity index (χ3v) is 23.5. The van der Waals surface area contributed by atoms with E-state index in [2.05, 4.69) is 48.5 Å². The van der Waals surface area contributed by atoms with Gasteiger partial charge in [0.2, 0.25) is 0 Å². The molecule has 0 amide bonds. The van der Waals surface area contributed by atoms with Gasteiger partial charge < -0.3 is 33.8 Å². The maximum absolute atomic E-state index is 13.2. The monoisotopic (exact) mass is 1580 g/mol. The average Bonchev–Trinajstić information content (AvgIpc) is 0.898. The lowest BCUT2D eigenvalue weighted by atomic mass is 9.99. The fourth-order valence-corrected chi connectivity index (χ4v) is 15.4. The van der Waals surface area contributed by atoms with E-state index in [1.54, 1.807) is 0 Å². The van der Waals surface area contributed by atoms with Crippen molar-refractivity contribution < 1.29 is 80.2 Å². The molecule has 0 saturated carbocycles. The first kappa shape index (κ1) is 106. The first-order valence-corrected chi connectivity index (χ1v) is 48.9. The number of hydrogen-bond donors (Lipinski definition) is 3. The van der Waals surface area contributed by atoms with E-state index in [0.717, 1.165) is 108 Å². The number of rotatable bonds is 87. The van der Waals surface area contributed by atoms with Gasteiger partial charge in [-0.15, -0.1) is 0 Å².